The van der Waals surface area contributed by atoms with Gasteiger partial charge in [-0.25, -0.2) is 4.79 Å². The Morgan fingerprint density at radius 3 is 1.70 bits per heavy atom. The van der Waals surface area contributed by atoms with E-state index in [0.717, 1.165) is 42.8 Å². The van der Waals surface area contributed by atoms with Crippen LogP contribution in [0.2, 0.25) is 0 Å². The number of unbranched alkanes of at least 4 members (excludes halogenated alkanes) is 8. The van der Waals surface area contributed by atoms with Gasteiger partial charge in [-0.15, -0.1) is 0 Å². The van der Waals surface area contributed by atoms with E-state index in [9.17, 15) is 25.0 Å². The van der Waals surface area contributed by atoms with E-state index >= 15 is 0 Å². The summed E-state index contributed by atoms with van der Waals surface area (Å²) in [5.41, 5.74) is -1.20. The molecule has 8 nitrogen and oxygen atoms in total. The minimum absolute atomic E-state index is 0.181. The van der Waals surface area contributed by atoms with Gasteiger partial charge in [-0.3, -0.25) is 20.2 Å². The van der Waals surface area contributed by atoms with Crippen LogP contribution in [0.3, 0.4) is 0 Å². The van der Waals surface area contributed by atoms with Crippen LogP contribution in [0.4, 0.5) is 11.4 Å². The summed E-state index contributed by atoms with van der Waals surface area (Å²) in [4.78, 5) is 32.1. The van der Waals surface area contributed by atoms with Crippen LogP contribution in [0.15, 0.2) is 18.2 Å². The van der Waals surface area contributed by atoms with Crippen molar-refractivity contribution in [3.05, 3.63) is 44.0 Å². The number of nitrogens with zero attached hydrogens (tertiary/aromatic N) is 2. The van der Waals surface area contributed by atoms with Crippen molar-refractivity contribution in [1.29, 1.82) is 0 Å². The maximum Gasteiger partial charge on any atom is 0.338 e. The first kappa shape index (κ1) is 23.0. The molecule has 0 unspecified atom stereocenters. The largest absolute Gasteiger partial charge is 0.462 e. The molecule has 1 rings (SSSR count). The highest BCUT2D eigenvalue weighted by Crippen LogP contribution is 2.23. The second-order valence-corrected chi connectivity index (χ2v) is 7.05. The van der Waals surface area contributed by atoms with Crippen molar-refractivity contribution in [2.45, 2.75) is 57.8 Å². The molecule has 0 atom stereocenters. The van der Waals surface area contributed by atoms with Crippen LogP contribution in [-0.4, -0.2) is 27.8 Å². The Balaban J connectivity index is 2.29. The highest BCUT2D eigenvalue weighted by molar-refractivity contribution is 9.09. The minimum Gasteiger partial charge on any atom is -0.462 e. The average Bonchev–Trinajstić information content (AvgIpc) is 2.65. The van der Waals surface area contributed by atoms with Crippen molar-refractivity contribution in [2.24, 2.45) is 0 Å². The number of carbonyl (C=O) groups is 1. The second-order valence-electron chi connectivity index (χ2n) is 6.26. The first-order chi connectivity index (χ1) is 13.0. The number of rotatable bonds is 14. The van der Waals surface area contributed by atoms with Crippen LogP contribution in [0.1, 0.15) is 68.1 Å². The van der Waals surface area contributed by atoms with E-state index in [1.165, 1.54) is 32.1 Å². The molecule has 0 aliphatic heterocycles. The molecule has 0 aliphatic rings. The lowest BCUT2D eigenvalue weighted by Gasteiger charge is -2.05. The molecule has 1 aromatic rings. The van der Waals surface area contributed by atoms with E-state index in [1.54, 1.807) is 0 Å². The Labute approximate surface area is 166 Å². The van der Waals surface area contributed by atoms with Crippen LogP contribution in [-0.2, 0) is 4.74 Å². The van der Waals surface area contributed by atoms with Gasteiger partial charge in [0.25, 0.3) is 11.4 Å². The lowest BCUT2D eigenvalue weighted by atomic mass is 10.1. The molecule has 0 radical (unpaired) electrons. The highest BCUT2D eigenvalue weighted by atomic mass is 79.9. The number of nitro benzene ring substituents is 2. The number of benzene rings is 1. The summed E-state index contributed by atoms with van der Waals surface area (Å²) in [5, 5.41) is 22.7. The predicted octanol–water partition coefficient (Wildman–Crippen LogP) is 5.57. The van der Waals surface area contributed by atoms with Crippen molar-refractivity contribution >= 4 is 33.3 Å². The van der Waals surface area contributed by atoms with Gasteiger partial charge in [0, 0.05) is 17.5 Å². The monoisotopic (exact) mass is 444 g/mol. The minimum atomic E-state index is -0.784. The zero-order valence-electron chi connectivity index (χ0n) is 15.2. The number of halogens is 1. The van der Waals surface area contributed by atoms with Crippen LogP contribution < -0.4 is 0 Å². The normalized spacial score (nSPS) is 10.6. The summed E-state index contributed by atoms with van der Waals surface area (Å²) in [7, 11) is 0. The van der Waals surface area contributed by atoms with Crippen molar-refractivity contribution < 1.29 is 19.4 Å². The van der Waals surface area contributed by atoms with Gasteiger partial charge in [-0.2, -0.15) is 0 Å². The zero-order valence-corrected chi connectivity index (χ0v) is 16.8. The van der Waals surface area contributed by atoms with Gasteiger partial charge < -0.3 is 4.74 Å². The number of alkyl halides is 1. The standard InChI is InChI=1S/C18H25BrN2O6/c19-10-8-6-4-2-1-3-5-7-9-11-27-18(22)15-12-16(20(23)24)14-17(13-15)21(25)26/h12-14H,1-11H2. The van der Waals surface area contributed by atoms with Crippen molar-refractivity contribution in [1.82, 2.24) is 0 Å². The van der Waals surface area contributed by atoms with E-state index in [1.807, 2.05) is 0 Å². The summed E-state index contributed by atoms with van der Waals surface area (Å²) in [5.74, 6) is -0.784. The molecule has 0 saturated heterocycles. The van der Waals surface area contributed by atoms with Gasteiger partial charge in [0.15, 0.2) is 0 Å². The number of hydrogen-bond acceptors (Lipinski definition) is 6. The van der Waals surface area contributed by atoms with Gasteiger partial charge in [-0.05, 0) is 12.8 Å². The third kappa shape index (κ3) is 9.46. The Morgan fingerprint density at radius 2 is 1.26 bits per heavy atom. The molecule has 1 aromatic carbocycles. The SMILES string of the molecule is O=C(OCCCCCCCCCCCBr)c1cc([N+](=O)[O-])cc([N+](=O)[O-])c1. The first-order valence-electron chi connectivity index (χ1n) is 9.12. The summed E-state index contributed by atoms with van der Waals surface area (Å²) >= 11 is 3.42. The fourth-order valence-corrected chi connectivity index (χ4v) is 3.00. The van der Waals surface area contributed by atoms with E-state index in [-0.39, 0.29) is 12.2 Å². The summed E-state index contributed by atoms with van der Waals surface area (Å²) in [6.07, 6.45) is 10.1. The van der Waals surface area contributed by atoms with Crippen LogP contribution in [0.5, 0.6) is 0 Å². The quantitative estimate of drug-likeness (QED) is 0.122. The van der Waals surface area contributed by atoms with Crippen LogP contribution in [0.25, 0.3) is 0 Å². The van der Waals surface area contributed by atoms with E-state index in [0.29, 0.717) is 6.42 Å². The second kappa shape index (κ2) is 13.2. The lowest BCUT2D eigenvalue weighted by Crippen LogP contribution is -2.08. The van der Waals surface area contributed by atoms with Crippen molar-refractivity contribution in [3.8, 4) is 0 Å². The van der Waals surface area contributed by atoms with Gasteiger partial charge in [0.1, 0.15) is 0 Å². The van der Waals surface area contributed by atoms with Crippen molar-refractivity contribution in [3.63, 3.8) is 0 Å². The molecule has 0 aliphatic carbocycles. The summed E-state index contributed by atoms with van der Waals surface area (Å²) < 4.78 is 5.08. The van der Waals surface area contributed by atoms with E-state index in [2.05, 4.69) is 15.9 Å². The van der Waals surface area contributed by atoms with Gasteiger partial charge >= 0.3 is 5.97 Å². The molecule has 150 valence electrons. The highest BCUT2D eigenvalue weighted by Gasteiger charge is 2.20. The fraction of sp³-hybridized carbons (Fsp3) is 0.611. The van der Waals surface area contributed by atoms with Crippen molar-refractivity contribution in [2.75, 3.05) is 11.9 Å². The molecule has 0 heterocycles. The van der Waals surface area contributed by atoms with E-state index < -0.39 is 27.2 Å². The molecule has 0 amide bonds. The number of esters is 1. The lowest BCUT2D eigenvalue weighted by molar-refractivity contribution is -0.394. The molecule has 27 heavy (non-hydrogen) atoms. The summed E-state index contributed by atoms with van der Waals surface area (Å²) in [6.45, 7) is 0.195. The van der Waals surface area contributed by atoms with Gasteiger partial charge in [0.05, 0.1) is 28.1 Å². The first-order valence-corrected chi connectivity index (χ1v) is 10.2. The molecule has 0 bridgehead atoms. The maximum absolute atomic E-state index is 12.0. The zero-order chi connectivity index (χ0) is 20.1. The number of ether oxygens (including phenoxy) is 1. The Kier molecular flexibility index (Phi) is 11.2. The summed E-state index contributed by atoms with van der Waals surface area (Å²) in [6, 6.07) is 2.80. The Hall–Kier alpha value is -2.03. The molecule has 0 fully saturated rings. The van der Waals surface area contributed by atoms with Gasteiger partial charge in [0.2, 0.25) is 0 Å². The van der Waals surface area contributed by atoms with Crippen LogP contribution >= 0.6 is 15.9 Å². The maximum atomic E-state index is 12.0. The molecular formula is C18H25BrN2O6. The van der Waals surface area contributed by atoms with Crippen LogP contribution in [0, 0.1) is 20.2 Å². The third-order valence-electron chi connectivity index (χ3n) is 4.07. The molecule has 0 spiro atoms. The average molecular weight is 445 g/mol. The Morgan fingerprint density at radius 1 is 0.815 bits per heavy atom. The molecule has 0 aromatic heterocycles. The number of nitro groups is 2. The molecule has 9 heteroatoms. The van der Waals surface area contributed by atoms with E-state index in [4.69, 9.17) is 4.74 Å². The molecule has 0 N–H and O–H groups in total. The predicted molar refractivity (Wildman–Crippen MR) is 105 cm³/mol. The Bertz CT molecular complexity index is 606. The smallest absolute Gasteiger partial charge is 0.338 e. The molecule has 0 saturated carbocycles. The molecular weight excluding hydrogens is 420 g/mol. The topological polar surface area (TPSA) is 113 Å². The van der Waals surface area contributed by atoms with Gasteiger partial charge in [-0.1, -0.05) is 60.9 Å². The number of hydrogen-bond donors (Lipinski definition) is 0. The third-order valence-corrected chi connectivity index (χ3v) is 4.63. The number of carbonyl (C=O) groups excluding carboxylic acids is 1. The fourth-order valence-electron chi connectivity index (χ4n) is 2.61. The number of non-ortho nitro benzene ring substituents is 2.